The highest BCUT2D eigenvalue weighted by Crippen LogP contribution is 2.38. The van der Waals surface area contributed by atoms with Gasteiger partial charge in [0.25, 0.3) is 11.8 Å². The monoisotopic (exact) mass is 823 g/mol. The second-order valence-corrected chi connectivity index (χ2v) is 10.7. The van der Waals surface area contributed by atoms with Gasteiger partial charge in [0.1, 0.15) is 5.88 Å². The summed E-state index contributed by atoms with van der Waals surface area (Å²) < 4.78 is 1.14. The van der Waals surface area contributed by atoms with Gasteiger partial charge in [0, 0.05) is 37.8 Å². The molecule has 1 aromatic rings. The van der Waals surface area contributed by atoms with Crippen LogP contribution in [0.3, 0.4) is 0 Å². The largest absolute Gasteiger partial charge is 0.394 e. The van der Waals surface area contributed by atoms with E-state index in [9.17, 15) is 24.6 Å². The topological polar surface area (TPSA) is 142 Å². The molecule has 3 amide bonds. The van der Waals surface area contributed by atoms with Crippen LogP contribution in [0.5, 0.6) is 0 Å². The first-order chi connectivity index (χ1) is 15.3. The molecule has 0 spiro atoms. The summed E-state index contributed by atoms with van der Waals surface area (Å²) in [4.78, 5) is 42.7. The van der Waals surface area contributed by atoms with Gasteiger partial charge in [0.15, 0.2) is 0 Å². The van der Waals surface area contributed by atoms with E-state index in [1.54, 1.807) is 0 Å². The zero-order chi connectivity index (χ0) is 25.6. The van der Waals surface area contributed by atoms with Gasteiger partial charge in [0.05, 0.1) is 49.4 Å². The van der Waals surface area contributed by atoms with Crippen LogP contribution in [-0.2, 0) is 4.79 Å². The highest BCUT2D eigenvalue weighted by atomic mass is 127. The lowest BCUT2D eigenvalue weighted by atomic mass is 10.1. The molecule has 33 heavy (non-hydrogen) atoms. The second-order valence-electron chi connectivity index (χ2n) is 7.17. The SMILES string of the molecule is CN(CC(O)CO)C(=O)c1c(I)c(C(=O)N(C)CC(O)CO)c(I)c(N(C)C(=O)CCl)c1I. The first-order valence-electron chi connectivity index (χ1n) is 9.45. The molecular weight excluding hydrogens is 798 g/mol. The summed E-state index contributed by atoms with van der Waals surface area (Å²) in [6.45, 7) is -1.35. The molecule has 0 saturated heterocycles. The molecule has 1 rings (SSSR count). The predicted octanol–water partition coefficient (Wildman–Crippen LogP) is 0.552. The van der Waals surface area contributed by atoms with E-state index in [4.69, 9.17) is 21.8 Å². The number of aliphatic hydroxyl groups is 4. The fraction of sp³-hybridized carbons (Fsp3) is 0.526. The Bertz CT molecular complexity index is 849. The Hall–Kier alpha value is -0.0500. The van der Waals surface area contributed by atoms with Crippen molar-refractivity contribution in [2.24, 2.45) is 0 Å². The molecule has 0 aliphatic heterocycles. The molecule has 186 valence electrons. The molecule has 1 aromatic carbocycles. The number of carbonyl (C=O) groups excluding carboxylic acids is 3. The lowest BCUT2D eigenvalue weighted by molar-refractivity contribution is -0.116. The third-order valence-corrected chi connectivity index (χ3v) is 8.04. The zero-order valence-corrected chi connectivity index (χ0v) is 25.3. The lowest BCUT2D eigenvalue weighted by Crippen LogP contribution is -2.39. The first kappa shape index (κ1) is 31.0. The Morgan fingerprint density at radius 3 is 1.48 bits per heavy atom. The molecule has 0 radical (unpaired) electrons. The average Bonchev–Trinajstić information content (AvgIpc) is 2.77. The van der Waals surface area contributed by atoms with Crippen molar-refractivity contribution < 1.29 is 34.8 Å². The van der Waals surface area contributed by atoms with E-state index in [2.05, 4.69) is 0 Å². The standard InChI is InChI=1S/C19H25ClI3N3O7/c1-24(5-9(29)7-27)18(32)12-14(21)13(19(33)25(2)6-10(30)8-28)16(23)17(15(12)22)26(3)11(31)4-20/h9-10,27-30H,4-8H2,1-3H3. The minimum absolute atomic E-state index is 0.146. The average molecular weight is 824 g/mol. The fourth-order valence-corrected chi connectivity index (χ4v) is 7.82. The third kappa shape index (κ3) is 7.47. The van der Waals surface area contributed by atoms with Crippen LogP contribution < -0.4 is 4.90 Å². The molecular formula is C19H25ClI3N3O7. The minimum Gasteiger partial charge on any atom is -0.394 e. The molecule has 0 aliphatic rings. The highest BCUT2D eigenvalue weighted by molar-refractivity contribution is 14.1. The maximum absolute atomic E-state index is 13.3. The summed E-state index contributed by atoms with van der Waals surface area (Å²) in [6, 6.07) is 0. The van der Waals surface area contributed by atoms with Crippen LogP contribution in [0.15, 0.2) is 0 Å². The Kier molecular flexibility index (Phi) is 13.0. The summed E-state index contributed by atoms with van der Waals surface area (Å²) in [5, 5.41) is 37.8. The van der Waals surface area contributed by atoms with Gasteiger partial charge in [-0.3, -0.25) is 14.4 Å². The normalized spacial score (nSPS) is 12.8. The minimum atomic E-state index is -1.15. The zero-order valence-electron chi connectivity index (χ0n) is 18.1. The Morgan fingerprint density at radius 1 is 0.818 bits per heavy atom. The van der Waals surface area contributed by atoms with Crippen molar-refractivity contribution in [2.45, 2.75) is 12.2 Å². The van der Waals surface area contributed by atoms with Crippen molar-refractivity contribution >= 4 is 103 Å². The van der Waals surface area contributed by atoms with E-state index < -0.39 is 43.1 Å². The summed E-state index contributed by atoms with van der Waals surface area (Å²) in [6.07, 6.45) is -2.30. The van der Waals surface area contributed by atoms with Crippen molar-refractivity contribution in [1.29, 1.82) is 0 Å². The van der Waals surface area contributed by atoms with Crippen LogP contribution in [-0.4, -0.2) is 113 Å². The second kappa shape index (κ2) is 13.9. The highest BCUT2D eigenvalue weighted by Gasteiger charge is 2.33. The van der Waals surface area contributed by atoms with Crippen molar-refractivity contribution in [2.75, 3.05) is 58.2 Å². The summed E-state index contributed by atoms with van der Waals surface area (Å²) in [5.41, 5.74) is 0.613. The number of halogens is 4. The van der Waals surface area contributed by atoms with Crippen molar-refractivity contribution in [1.82, 2.24) is 9.80 Å². The molecule has 4 N–H and O–H groups in total. The van der Waals surface area contributed by atoms with Crippen LogP contribution in [0.1, 0.15) is 20.7 Å². The van der Waals surface area contributed by atoms with E-state index in [1.165, 1.54) is 35.8 Å². The number of hydrogen-bond donors (Lipinski definition) is 4. The predicted molar refractivity (Wildman–Crippen MR) is 149 cm³/mol. The van der Waals surface area contributed by atoms with E-state index in [0.29, 0.717) is 16.4 Å². The molecule has 0 aliphatic carbocycles. The number of rotatable bonds is 10. The van der Waals surface area contributed by atoms with E-state index in [1.807, 2.05) is 67.8 Å². The fourth-order valence-electron chi connectivity index (χ4n) is 2.83. The van der Waals surface area contributed by atoms with Gasteiger partial charge in [-0.1, -0.05) is 0 Å². The van der Waals surface area contributed by atoms with Gasteiger partial charge in [0.2, 0.25) is 5.91 Å². The van der Waals surface area contributed by atoms with E-state index in [-0.39, 0.29) is 30.1 Å². The van der Waals surface area contributed by atoms with Crippen LogP contribution in [0.25, 0.3) is 0 Å². The summed E-state index contributed by atoms with van der Waals surface area (Å²) >= 11 is 11.5. The van der Waals surface area contributed by atoms with Crippen molar-refractivity contribution in [3.8, 4) is 0 Å². The van der Waals surface area contributed by atoms with E-state index >= 15 is 0 Å². The smallest absolute Gasteiger partial charge is 0.255 e. The molecule has 0 heterocycles. The van der Waals surface area contributed by atoms with Crippen LogP contribution >= 0.6 is 79.4 Å². The number of anilines is 1. The maximum atomic E-state index is 13.3. The summed E-state index contributed by atoms with van der Waals surface area (Å²) in [5.74, 6) is -1.80. The molecule has 0 fully saturated rings. The Balaban J connectivity index is 3.78. The van der Waals surface area contributed by atoms with E-state index in [0.717, 1.165) is 0 Å². The van der Waals surface area contributed by atoms with Crippen LogP contribution in [0.4, 0.5) is 5.69 Å². The molecule has 0 aromatic heterocycles. The molecule has 2 atom stereocenters. The van der Waals surface area contributed by atoms with Gasteiger partial charge in [-0.05, 0) is 67.8 Å². The van der Waals surface area contributed by atoms with Gasteiger partial charge in [-0.2, -0.15) is 0 Å². The van der Waals surface area contributed by atoms with Crippen molar-refractivity contribution in [3.63, 3.8) is 0 Å². The van der Waals surface area contributed by atoms with Crippen LogP contribution in [0.2, 0.25) is 0 Å². The Morgan fingerprint density at radius 2 is 1.18 bits per heavy atom. The quantitative estimate of drug-likeness (QED) is 0.200. The number of amides is 3. The van der Waals surface area contributed by atoms with Gasteiger partial charge >= 0.3 is 0 Å². The van der Waals surface area contributed by atoms with Gasteiger partial charge < -0.3 is 35.1 Å². The lowest BCUT2D eigenvalue weighted by Gasteiger charge is -2.28. The number of carbonyl (C=O) groups is 3. The number of aliphatic hydroxyl groups excluding tert-OH is 4. The molecule has 14 heteroatoms. The van der Waals surface area contributed by atoms with Gasteiger partial charge in [-0.15, -0.1) is 11.6 Å². The molecule has 0 bridgehead atoms. The maximum Gasteiger partial charge on any atom is 0.255 e. The molecule has 10 nitrogen and oxygen atoms in total. The number of likely N-dealkylation sites (N-methyl/N-ethyl adjacent to an activating group) is 2. The molecule has 2 unspecified atom stereocenters. The third-order valence-electron chi connectivity index (χ3n) is 4.63. The Labute approximate surface area is 237 Å². The molecule has 0 saturated carbocycles. The summed E-state index contributed by atoms with van der Waals surface area (Å²) in [7, 11) is 4.38. The number of alkyl halides is 1. The van der Waals surface area contributed by atoms with Crippen molar-refractivity contribution in [3.05, 3.63) is 21.8 Å². The van der Waals surface area contributed by atoms with Crippen LogP contribution in [0, 0.1) is 10.7 Å². The number of nitrogens with zero attached hydrogens (tertiary/aromatic N) is 3. The number of benzene rings is 1. The van der Waals surface area contributed by atoms with Gasteiger partial charge in [-0.25, -0.2) is 0 Å². The first-order valence-corrected chi connectivity index (χ1v) is 13.2. The number of hydrogen-bond acceptors (Lipinski definition) is 7.